The first kappa shape index (κ1) is 24.4. The van der Waals surface area contributed by atoms with Crippen LogP contribution in [0.4, 0.5) is 5.69 Å². The molecule has 2 bridgehead atoms. The summed E-state index contributed by atoms with van der Waals surface area (Å²) in [6, 6.07) is 23.0. The van der Waals surface area contributed by atoms with Gasteiger partial charge in [-0.1, -0.05) is 61.2 Å². The molecule has 38 heavy (non-hydrogen) atoms. The van der Waals surface area contributed by atoms with E-state index < -0.39 is 22.8 Å². The van der Waals surface area contributed by atoms with Crippen molar-refractivity contribution < 1.29 is 19.1 Å². The molecule has 1 aliphatic heterocycles. The maximum atomic E-state index is 14.4. The number of anilines is 1. The molecule has 2 fully saturated rings. The van der Waals surface area contributed by atoms with Crippen LogP contribution in [0.5, 0.6) is 5.75 Å². The van der Waals surface area contributed by atoms with Crippen LogP contribution < -0.4 is 15.8 Å². The number of hydrogen-bond acceptors (Lipinski definition) is 6. The number of para-hydroxylation sites is 1. The zero-order valence-electron chi connectivity index (χ0n) is 21.7. The number of rotatable bonds is 6. The Kier molecular flexibility index (Phi) is 5.69. The van der Waals surface area contributed by atoms with E-state index in [0.717, 1.165) is 29.5 Å². The highest BCUT2D eigenvalue weighted by Gasteiger charge is 2.72. The lowest BCUT2D eigenvalue weighted by Gasteiger charge is -2.60. The van der Waals surface area contributed by atoms with E-state index in [1.807, 2.05) is 54.6 Å². The second-order valence-corrected chi connectivity index (χ2v) is 10.7. The fourth-order valence-corrected chi connectivity index (χ4v) is 7.88. The van der Waals surface area contributed by atoms with Gasteiger partial charge in [0.05, 0.1) is 25.7 Å². The normalized spacial score (nSPS) is 28.7. The average Bonchev–Trinajstić information content (AvgIpc) is 3.39. The Bertz CT molecular complexity index is 1470. The van der Waals surface area contributed by atoms with Gasteiger partial charge in [-0.3, -0.25) is 9.59 Å². The monoisotopic (exact) mass is 508 g/mol. The predicted octanol–water partition coefficient (Wildman–Crippen LogP) is 4.48. The molecule has 1 saturated heterocycles. The number of nitrogens with two attached hydrogens (primary N) is 1. The van der Waals surface area contributed by atoms with Crippen molar-refractivity contribution >= 4 is 23.0 Å². The van der Waals surface area contributed by atoms with Crippen LogP contribution in [0, 0.1) is 11.3 Å². The predicted molar refractivity (Wildman–Crippen MR) is 147 cm³/mol. The van der Waals surface area contributed by atoms with Gasteiger partial charge >= 0.3 is 5.97 Å². The highest BCUT2D eigenvalue weighted by Crippen LogP contribution is 2.69. The van der Waals surface area contributed by atoms with E-state index in [1.54, 1.807) is 7.11 Å². The molecule has 4 aliphatic rings. The molecule has 0 radical (unpaired) electrons. The Morgan fingerprint density at radius 1 is 1.03 bits per heavy atom. The summed E-state index contributed by atoms with van der Waals surface area (Å²) in [7, 11) is 3.02. The van der Waals surface area contributed by atoms with E-state index in [-0.39, 0.29) is 17.7 Å². The molecule has 194 valence electrons. The number of esters is 1. The van der Waals surface area contributed by atoms with Crippen LogP contribution in [0.1, 0.15) is 41.0 Å². The van der Waals surface area contributed by atoms with Crippen LogP contribution in [0.3, 0.4) is 0 Å². The molecule has 7 rings (SSSR count). The van der Waals surface area contributed by atoms with Crippen LogP contribution in [-0.4, -0.2) is 38.6 Å². The lowest BCUT2D eigenvalue weighted by molar-refractivity contribution is -0.162. The van der Waals surface area contributed by atoms with E-state index in [4.69, 9.17) is 15.2 Å². The molecule has 1 saturated carbocycles. The van der Waals surface area contributed by atoms with Crippen molar-refractivity contribution in [2.24, 2.45) is 11.3 Å². The molecule has 0 aromatic heterocycles. The maximum absolute atomic E-state index is 14.4. The number of hydrogen-bond donors (Lipinski definition) is 2. The third-order valence-electron chi connectivity index (χ3n) is 9.28. The number of nitrogen functional groups attached to an aromatic ring is 1. The van der Waals surface area contributed by atoms with Gasteiger partial charge in [-0.2, -0.15) is 0 Å². The van der Waals surface area contributed by atoms with Gasteiger partial charge in [0.15, 0.2) is 5.78 Å². The number of fused-ring (bicyclic) bond motifs is 1. The first-order chi connectivity index (χ1) is 18.4. The van der Waals surface area contributed by atoms with Crippen molar-refractivity contribution in [3.05, 3.63) is 102 Å². The fourth-order valence-electron chi connectivity index (χ4n) is 7.88. The molecule has 6 heteroatoms. The highest BCUT2D eigenvalue weighted by molar-refractivity contribution is 6.23. The standard InChI is InChI=1S/C32H32N2O4/c1-19(22-11-5-7-14-26(22)37-2)28(35)27-29-31(20-9-8-10-21(33)17-20)16-15-25(23-12-4-6-13-24(23)31)32(29,18-34-27)30(36)38-3/h4-14,17,25,27,29,34H,1,15-16,18,33H2,2-3H3. The average molecular weight is 509 g/mol. The number of ketones is 1. The van der Waals surface area contributed by atoms with Crippen LogP contribution in [0.15, 0.2) is 79.4 Å². The van der Waals surface area contributed by atoms with Crippen LogP contribution in [0.2, 0.25) is 0 Å². The summed E-state index contributed by atoms with van der Waals surface area (Å²) in [5.74, 6) is -0.288. The molecule has 3 aromatic rings. The topological polar surface area (TPSA) is 90.7 Å². The van der Waals surface area contributed by atoms with Crippen molar-refractivity contribution in [2.45, 2.75) is 30.2 Å². The summed E-state index contributed by atoms with van der Waals surface area (Å²) in [5, 5.41) is 3.50. The lowest BCUT2D eigenvalue weighted by atomic mass is 9.40. The Morgan fingerprint density at radius 2 is 1.79 bits per heavy atom. The molecular weight excluding hydrogens is 476 g/mol. The van der Waals surface area contributed by atoms with Crippen molar-refractivity contribution in [2.75, 3.05) is 26.5 Å². The van der Waals surface area contributed by atoms with Crippen LogP contribution in [0.25, 0.3) is 5.57 Å². The van der Waals surface area contributed by atoms with E-state index in [0.29, 0.717) is 29.1 Å². The van der Waals surface area contributed by atoms with Crippen molar-refractivity contribution in [3.63, 3.8) is 0 Å². The van der Waals surface area contributed by atoms with Gasteiger partial charge in [0.1, 0.15) is 5.75 Å². The number of ether oxygens (including phenoxy) is 2. The Hall–Kier alpha value is -3.90. The van der Waals surface area contributed by atoms with Gasteiger partial charge in [0.25, 0.3) is 0 Å². The Balaban J connectivity index is 1.59. The molecular formula is C32H32N2O4. The fraction of sp³-hybridized carbons (Fsp3) is 0.312. The summed E-state index contributed by atoms with van der Waals surface area (Å²) in [6.45, 7) is 4.56. The van der Waals surface area contributed by atoms with Gasteiger partial charge in [-0.05, 0) is 47.7 Å². The first-order valence-corrected chi connectivity index (χ1v) is 13.0. The second kappa shape index (κ2) is 8.84. The molecule has 0 amide bonds. The smallest absolute Gasteiger partial charge is 0.314 e. The number of methoxy groups -OCH3 is 2. The van der Waals surface area contributed by atoms with E-state index in [9.17, 15) is 9.59 Å². The number of carbonyl (C=O) groups is 2. The number of Topliss-reactive ketones (excluding diaryl/α,β-unsaturated/α-hetero) is 1. The minimum absolute atomic E-state index is 0.0658. The molecule has 1 heterocycles. The summed E-state index contributed by atoms with van der Waals surface area (Å²) < 4.78 is 11.1. The molecule has 3 aromatic carbocycles. The van der Waals surface area contributed by atoms with E-state index in [1.165, 1.54) is 7.11 Å². The first-order valence-electron chi connectivity index (χ1n) is 13.0. The van der Waals surface area contributed by atoms with Gasteiger partial charge in [-0.15, -0.1) is 0 Å². The Morgan fingerprint density at radius 3 is 2.55 bits per heavy atom. The number of benzene rings is 3. The number of carbonyl (C=O) groups excluding carboxylic acids is 2. The summed E-state index contributed by atoms with van der Waals surface area (Å²) in [6.07, 6.45) is 1.61. The lowest BCUT2D eigenvalue weighted by Crippen LogP contribution is -2.62. The minimum Gasteiger partial charge on any atom is -0.496 e. The summed E-state index contributed by atoms with van der Waals surface area (Å²) >= 11 is 0. The molecule has 5 unspecified atom stereocenters. The largest absolute Gasteiger partial charge is 0.496 e. The SMILES string of the molecule is C=C(C(=O)C1NCC2(C(=O)OC)C3CCC(c4cccc(N)c4)(c4ccccc43)C12)c1ccccc1OC. The van der Waals surface area contributed by atoms with Crippen LogP contribution in [-0.2, 0) is 19.7 Å². The molecule has 3 aliphatic carbocycles. The van der Waals surface area contributed by atoms with E-state index in [2.05, 4.69) is 30.1 Å². The molecule has 0 spiro atoms. The van der Waals surface area contributed by atoms with Gasteiger partial charge < -0.3 is 20.5 Å². The van der Waals surface area contributed by atoms with E-state index >= 15 is 0 Å². The van der Waals surface area contributed by atoms with Crippen LogP contribution >= 0.6 is 0 Å². The summed E-state index contributed by atoms with van der Waals surface area (Å²) in [5.41, 5.74) is 9.79. The molecule has 3 N–H and O–H groups in total. The molecule has 5 atom stereocenters. The number of nitrogens with one attached hydrogen (secondary N) is 1. The van der Waals surface area contributed by atoms with Gasteiger partial charge in [-0.25, -0.2) is 0 Å². The van der Waals surface area contributed by atoms with Gasteiger partial charge in [0.2, 0.25) is 0 Å². The van der Waals surface area contributed by atoms with Crippen molar-refractivity contribution in [3.8, 4) is 5.75 Å². The summed E-state index contributed by atoms with van der Waals surface area (Å²) in [4.78, 5) is 28.2. The van der Waals surface area contributed by atoms with Gasteiger partial charge in [0, 0.05) is 40.6 Å². The third-order valence-corrected chi connectivity index (χ3v) is 9.28. The molecule has 6 nitrogen and oxygen atoms in total. The quantitative estimate of drug-likeness (QED) is 0.290. The van der Waals surface area contributed by atoms with Crippen molar-refractivity contribution in [1.29, 1.82) is 0 Å². The third kappa shape index (κ3) is 3.10. The highest BCUT2D eigenvalue weighted by atomic mass is 16.5. The zero-order valence-corrected chi connectivity index (χ0v) is 21.7. The van der Waals surface area contributed by atoms with Crippen molar-refractivity contribution in [1.82, 2.24) is 5.32 Å². The minimum atomic E-state index is -0.909. The Labute approximate surface area is 222 Å². The zero-order chi connectivity index (χ0) is 26.7. The maximum Gasteiger partial charge on any atom is 0.314 e. The second-order valence-electron chi connectivity index (χ2n) is 10.7.